The van der Waals surface area contributed by atoms with E-state index < -0.39 is 0 Å². The summed E-state index contributed by atoms with van der Waals surface area (Å²) in [5.74, 6) is 0.333. The van der Waals surface area contributed by atoms with Gasteiger partial charge in [0, 0.05) is 43.1 Å². The lowest BCUT2D eigenvalue weighted by Gasteiger charge is -2.47. The summed E-state index contributed by atoms with van der Waals surface area (Å²) in [6.07, 6.45) is 3.47. The van der Waals surface area contributed by atoms with Crippen LogP contribution in [0.15, 0.2) is 0 Å². The highest BCUT2D eigenvalue weighted by atomic mass is 16.2. The molecule has 0 aromatic carbocycles. The third-order valence-electron chi connectivity index (χ3n) is 4.85. The van der Waals surface area contributed by atoms with Gasteiger partial charge in [-0.1, -0.05) is 0 Å². The second-order valence-corrected chi connectivity index (χ2v) is 8.29. The first kappa shape index (κ1) is 17.3. The summed E-state index contributed by atoms with van der Waals surface area (Å²) >= 11 is 0. The predicted molar refractivity (Wildman–Crippen MR) is 87.4 cm³/mol. The molecule has 2 aliphatic heterocycles. The van der Waals surface area contributed by atoms with Gasteiger partial charge < -0.3 is 15.5 Å². The molecule has 2 N–H and O–H groups in total. The molecule has 2 rings (SSSR count). The van der Waals surface area contributed by atoms with Gasteiger partial charge >= 0.3 is 0 Å². The minimum absolute atomic E-state index is 0.0394. The summed E-state index contributed by atoms with van der Waals surface area (Å²) < 4.78 is 0. The molecule has 5 nitrogen and oxygen atoms in total. The highest BCUT2D eigenvalue weighted by Gasteiger charge is 2.39. The van der Waals surface area contributed by atoms with Crippen LogP contribution in [0, 0.1) is 5.92 Å². The van der Waals surface area contributed by atoms with Gasteiger partial charge in [-0.3, -0.25) is 9.59 Å². The van der Waals surface area contributed by atoms with E-state index >= 15 is 0 Å². The van der Waals surface area contributed by atoms with Crippen molar-refractivity contribution in [3.63, 3.8) is 0 Å². The van der Waals surface area contributed by atoms with Gasteiger partial charge in [0.05, 0.1) is 0 Å². The van der Waals surface area contributed by atoms with Crippen molar-refractivity contribution in [3.05, 3.63) is 0 Å². The number of amides is 2. The summed E-state index contributed by atoms with van der Waals surface area (Å²) in [7, 11) is 0. The third-order valence-corrected chi connectivity index (χ3v) is 4.85. The summed E-state index contributed by atoms with van der Waals surface area (Å²) in [6, 6.07) is 0.226. The van der Waals surface area contributed by atoms with Crippen LogP contribution < -0.4 is 10.6 Å². The molecule has 126 valence electrons. The Kier molecular flexibility index (Phi) is 4.85. The van der Waals surface area contributed by atoms with Gasteiger partial charge in [-0.25, -0.2) is 0 Å². The predicted octanol–water partition coefficient (Wildman–Crippen LogP) is 1.67. The molecule has 2 saturated heterocycles. The molecule has 0 radical (unpaired) electrons. The van der Waals surface area contributed by atoms with E-state index in [0.717, 1.165) is 25.7 Å². The van der Waals surface area contributed by atoms with Gasteiger partial charge in [0.1, 0.15) is 0 Å². The second-order valence-electron chi connectivity index (χ2n) is 8.29. The van der Waals surface area contributed by atoms with E-state index in [1.807, 2.05) is 4.90 Å². The van der Waals surface area contributed by atoms with Crippen molar-refractivity contribution < 1.29 is 9.59 Å². The number of nitrogens with zero attached hydrogens (tertiary/aromatic N) is 1. The maximum Gasteiger partial charge on any atom is 0.223 e. The molecule has 22 heavy (non-hydrogen) atoms. The fraction of sp³-hybridized carbons (Fsp3) is 0.882. The molecule has 0 aromatic rings. The molecular formula is C17H31N3O2. The standard InChI is InChI=1S/C17H31N3O2/c1-12(21)20-8-6-13(7-9-20)15(22)18-14-10-16(2,3)19-17(4,5)11-14/h13-14,19H,6-11H2,1-5H3,(H,18,22). The molecule has 5 heteroatoms. The zero-order valence-electron chi connectivity index (χ0n) is 14.7. The Morgan fingerprint density at radius 2 is 1.55 bits per heavy atom. The van der Waals surface area contributed by atoms with Crippen molar-refractivity contribution in [3.8, 4) is 0 Å². The molecule has 0 bridgehead atoms. The molecule has 0 unspecified atom stereocenters. The Morgan fingerprint density at radius 3 is 2.00 bits per heavy atom. The Morgan fingerprint density at radius 1 is 1.05 bits per heavy atom. The first-order valence-electron chi connectivity index (χ1n) is 8.43. The largest absolute Gasteiger partial charge is 0.353 e. The van der Waals surface area contributed by atoms with Crippen LogP contribution >= 0.6 is 0 Å². The topological polar surface area (TPSA) is 61.4 Å². The van der Waals surface area contributed by atoms with Crippen LogP contribution in [0.2, 0.25) is 0 Å². The molecule has 2 aliphatic rings. The van der Waals surface area contributed by atoms with Crippen LogP contribution in [0.3, 0.4) is 0 Å². The number of rotatable bonds is 2. The quantitative estimate of drug-likeness (QED) is 0.816. The molecule has 0 saturated carbocycles. The van der Waals surface area contributed by atoms with Crippen LogP contribution in [0.25, 0.3) is 0 Å². The maximum atomic E-state index is 12.5. The van der Waals surface area contributed by atoms with Crippen LogP contribution in [0.5, 0.6) is 0 Å². The van der Waals surface area contributed by atoms with E-state index in [1.54, 1.807) is 6.92 Å². The highest BCUT2D eigenvalue weighted by Crippen LogP contribution is 2.29. The van der Waals surface area contributed by atoms with Crippen LogP contribution in [0.4, 0.5) is 0 Å². The number of hydrogen-bond donors (Lipinski definition) is 2. The SMILES string of the molecule is CC(=O)N1CCC(C(=O)NC2CC(C)(C)NC(C)(C)C2)CC1. The van der Waals surface area contributed by atoms with Gasteiger partial charge in [-0.2, -0.15) is 0 Å². The number of carbonyl (C=O) groups is 2. The lowest BCUT2D eigenvalue weighted by molar-refractivity contribution is -0.134. The normalized spacial score (nSPS) is 25.8. The van der Waals surface area contributed by atoms with Crippen LogP contribution in [0.1, 0.15) is 60.3 Å². The fourth-order valence-electron chi connectivity index (χ4n) is 4.20. The van der Waals surface area contributed by atoms with Crippen molar-refractivity contribution in [2.45, 2.75) is 77.4 Å². The monoisotopic (exact) mass is 309 g/mol. The summed E-state index contributed by atoms with van der Waals surface area (Å²) in [5.41, 5.74) is 0.0788. The van der Waals surface area contributed by atoms with Crippen LogP contribution in [-0.4, -0.2) is 46.9 Å². The van der Waals surface area contributed by atoms with Crippen LogP contribution in [-0.2, 0) is 9.59 Å². The maximum absolute atomic E-state index is 12.5. The zero-order valence-corrected chi connectivity index (χ0v) is 14.7. The van der Waals surface area contributed by atoms with Crippen molar-refractivity contribution in [2.24, 2.45) is 5.92 Å². The lowest BCUT2D eigenvalue weighted by atomic mass is 9.79. The number of nitrogens with one attached hydrogen (secondary N) is 2. The van der Waals surface area contributed by atoms with Gasteiger partial charge in [0.15, 0.2) is 0 Å². The fourth-order valence-corrected chi connectivity index (χ4v) is 4.20. The highest BCUT2D eigenvalue weighted by molar-refractivity contribution is 5.79. The van der Waals surface area contributed by atoms with E-state index in [4.69, 9.17) is 0 Å². The lowest BCUT2D eigenvalue weighted by Crippen LogP contribution is -2.62. The van der Waals surface area contributed by atoms with E-state index in [0.29, 0.717) is 13.1 Å². The number of hydrogen-bond acceptors (Lipinski definition) is 3. The first-order chi connectivity index (χ1) is 10.1. The Bertz CT molecular complexity index is 421. The number of piperidine rings is 2. The first-order valence-corrected chi connectivity index (χ1v) is 8.43. The van der Waals surface area contributed by atoms with Crippen molar-refractivity contribution in [1.29, 1.82) is 0 Å². The molecule has 0 atom stereocenters. The van der Waals surface area contributed by atoms with Crippen molar-refractivity contribution in [2.75, 3.05) is 13.1 Å². The van der Waals surface area contributed by atoms with Crippen molar-refractivity contribution in [1.82, 2.24) is 15.5 Å². The van der Waals surface area contributed by atoms with Gasteiger partial charge in [0.2, 0.25) is 11.8 Å². The van der Waals surface area contributed by atoms with E-state index in [2.05, 4.69) is 38.3 Å². The molecule has 2 fully saturated rings. The van der Waals surface area contributed by atoms with Gasteiger partial charge in [0.25, 0.3) is 0 Å². The smallest absolute Gasteiger partial charge is 0.223 e. The second kappa shape index (κ2) is 6.19. The minimum atomic E-state index is 0.0394. The average Bonchev–Trinajstić information content (AvgIpc) is 2.34. The minimum Gasteiger partial charge on any atom is -0.353 e. The Balaban J connectivity index is 1.88. The van der Waals surface area contributed by atoms with E-state index in [9.17, 15) is 9.59 Å². The summed E-state index contributed by atoms with van der Waals surface area (Å²) in [4.78, 5) is 25.7. The van der Waals surface area contributed by atoms with Gasteiger partial charge in [-0.15, -0.1) is 0 Å². The third kappa shape index (κ3) is 4.45. The molecular weight excluding hydrogens is 278 g/mol. The Hall–Kier alpha value is -1.10. The summed E-state index contributed by atoms with van der Waals surface area (Å²) in [5, 5.41) is 6.90. The Labute approximate surface area is 134 Å². The molecule has 2 heterocycles. The molecule has 0 aromatic heterocycles. The van der Waals surface area contributed by atoms with Gasteiger partial charge in [-0.05, 0) is 53.4 Å². The summed E-state index contributed by atoms with van der Waals surface area (Å²) in [6.45, 7) is 11.8. The molecule has 0 spiro atoms. The van der Waals surface area contributed by atoms with E-state index in [-0.39, 0.29) is 34.9 Å². The molecule has 0 aliphatic carbocycles. The average molecular weight is 309 g/mol. The number of carbonyl (C=O) groups excluding carboxylic acids is 2. The molecule has 2 amide bonds. The number of likely N-dealkylation sites (tertiary alicyclic amines) is 1. The zero-order chi connectivity index (χ0) is 16.5. The van der Waals surface area contributed by atoms with Crippen molar-refractivity contribution >= 4 is 11.8 Å². The van der Waals surface area contributed by atoms with E-state index in [1.165, 1.54) is 0 Å².